The predicted molar refractivity (Wildman–Crippen MR) is 104 cm³/mol. The third kappa shape index (κ3) is 3.78. The van der Waals surface area contributed by atoms with Gasteiger partial charge < -0.3 is 15.3 Å². The van der Waals surface area contributed by atoms with Gasteiger partial charge >= 0.3 is 0 Å². The summed E-state index contributed by atoms with van der Waals surface area (Å²) in [6.07, 6.45) is 0.703. The van der Waals surface area contributed by atoms with Crippen LogP contribution in [0.15, 0.2) is 24.3 Å². The van der Waals surface area contributed by atoms with E-state index in [1.807, 2.05) is 6.07 Å². The van der Waals surface area contributed by atoms with Crippen molar-refractivity contribution in [3.63, 3.8) is 0 Å². The van der Waals surface area contributed by atoms with Crippen molar-refractivity contribution >= 4 is 34.2 Å². The van der Waals surface area contributed by atoms with Gasteiger partial charge in [0.05, 0.1) is 21.7 Å². The first-order valence-corrected chi connectivity index (χ1v) is 9.87. The summed E-state index contributed by atoms with van der Waals surface area (Å²) >= 11 is 6.26. The average molecular weight is 410 g/mol. The lowest BCUT2D eigenvalue weighted by atomic mass is 9.82. The van der Waals surface area contributed by atoms with Gasteiger partial charge in [-0.05, 0) is 43.5 Å². The first-order valence-electron chi connectivity index (χ1n) is 9.49. The molecule has 1 saturated carbocycles. The molecule has 2 N–H and O–H groups in total. The summed E-state index contributed by atoms with van der Waals surface area (Å²) in [6.45, 7) is 1.68. The smallest absolute Gasteiger partial charge is 0.253 e. The maximum absolute atomic E-state index is 13.7. The van der Waals surface area contributed by atoms with Gasteiger partial charge in [-0.2, -0.15) is 0 Å². The Morgan fingerprint density at radius 1 is 1.21 bits per heavy atom. The molecule has 4 rings (SSSR count). The Morgan fingerprint density at radius 3 is 2.68 bits per heavy atom. The molecule has 1 aliphatic heterocycles. The summed E-state index contributed by atoms with van der Waals surface area (Å²) in [5.41, 5.74) is -0.730. The Bertz CT molecular complexity index is 920. The number of carbonyl (C=O) groups is 1. The molecule has 2 aliphatic rings. The van der Waals surface area contributed by atoms with Crippen molar-refractivity contribution in [3.8, 4) is 0 Å². The largest absolute Gasteiger partial charge is 0.388 e. The highest BCUT2D eigenvalue weighted by atomic mass is 35.5. The summed E-state index contributed by atoms with van der Waals surface area (Å²) < 4.78 is 27.3. The number of aliphatic hydroxyl groups is 1. The fraction of sp³-hybridized carbons (Fsp3) is 0.500. The number of pyridine rings is 1. The van der Waals surface area contributed by atoms with Crippen molar-refractivity contribution in [1.82, 2.24) is 10.3 Å². The third-order valence-corrected chi connectivity index (χ3v) is 5.88. The fourth-order valence-electron chi connectivity index (χ4n) is 3.94. The van der Waals surface area contributed by atoms with Crippen molar-refractivity contribution in [2.75, 3.05) is 24.5 Å². The van der Waals surface area contributed by atoms with Gasteiger partial charge in [0.2, 0.25) is 0 Å². The Kier molecular flexibility index (Phi) is 4.91. The number of halogens is 3. The molecule has 1 aromatic carbocycles. The van der Waals surface area contributed by atoms with E-state index in [4.69, 9.17) is 11.6 Å². The number of rotatable bonds is 4. The van der Waals surface area contributed by atoms with Gasteiger partial charge in [-0.3, -0.25) is 4.79 Å². The van der Waals surface area contributed by atoms with Crippen molar-refractivity contribution < 1.29 is 18.7 Å². The number of carbonyl (C=O) groups excluding carboxylic acids is 1. The second-order valence-corrected chi connectivity index (χ2v) is 8.20. The fourth-order valence-corrected chi connectivity index (χ4v) is 4.19. The molecule has 5 nitrogen and oxygen atoms in total. The van der Waals surface area contributed by atoms with Crippen LogP contribution >= 0.6 is 11.6 Å². The van der Waals surface area contributed by atoms with E-state index in [9.17, 15) is 18.7 Å². The Labute approximate surface area is 166 Å². The number of nitrogens with zero attached hydrogens (tertiary/aromatic N) is 2. The maximum Gasteiger partial charge on any atom is 0.253 e. The van der Waals surface area contributed by atoms with E-state index in [2.05, 4.69) is 15.2 Å². The second kappa shape index (κ2) is 7.12. The summed E-state index contributed by atoms with van der Waals surface area (Å²) in [5, 5.41) is 13.9. The van der Waals surface area contributed by atoms with E-state index < -0.39 is 23.9 Å². The Morgan fingerprint density at radius 2 is 2.00 bits per heavy atom. The lowest BCUT2D eigenvalue weighted by Crippen LogP contribution is -2.49. The SMILES string of the molecule is O=C(NC[C@@]1(O)CCCC(F)(F)C1)c1c(Cl)ccc2nc(N3CCC3)ccc12. The molecule has 1 aromatic heterocycles. The van der Waals surface area contributed by atoms with Gasteiger partial charge in [-0.25, -0.2) is 13.8 Å². The van der Waals surface area contributed by atoms with E-state index in [1.54, 1.807) is 18.2 Å². The number of hydrogen-bond donors (Lipinski definition) is 2. The van der Waals surface area contributed by atoms with Crippen LogP contribution in [-0.2, 0) is 0 Å². The minimum absolute atomic E-state index is 0.220. The van der Waals surface area contributed by atoms with Gasteiger partial charge in [0.25, 0.3) is 11.8 Å². The standard InChI is InChI=1S/C20H22ClF2N3O2/c21-14-4-5-15-13(3-6-16(25-15)26-9-2-10-26)17(14)18(27)24-12-19(28)7-1-8-20(22,23)11-19/h3-6,28H,1-2,7-12H2,(H,24,27)/t19-/m1/s1. The minimum Gasteiger partial charge on any atom is -0.388 e. The number of anilines is 1. The lowest BCUT2D eigenvalue weighted by Gasteiger charge is -2.36. The number of aromatic nitrogens is 1. The summed E-state index contributed by atoms with van der Waals surface area (Å²) in [7, 11) is 0. The monoisotopic (exact) mass is 409 g/mol. The highest BCUT2D eigenvalue weighted by molar-refractivity contribution is 6.35. The van der Waals surface area contributed by atoms with Gasteiger partial charge in [-0.15, -0.1) is 0 Å². The van der Waals surface area contributed by atoms with Crippen molar-refractivity contribution in [3.05, 3.63) is 34.9 Å². The van der Waals surface area contributed by atoms with Gasteiger partial charge in [0, 0.05) is 37.9 Å². The number of benzene rings is 1. The third-order valence-electron chi connectivity index (χ3n) is 5.56. The molecule has 8 heteroatoms. The van der Waals surface area contributed by atoms with E-state index in [0.717, 1.165) is 25.3 Å². The van der Waals surface area contributed by atoms with E-state index in [-0.39, 0.29) is 36.4 Å². The van der Waals surface area contributed by atoms with Crippen LogP contribution in [0.3, 0.4) is 0 Å². The quantitative estimate of drug-likeness (QED) is 0.806. The molecule has 1 atom stereocenters. The molecule has 2 aromatic rings. The van der Waals surface area contributed by atoms with Crippen molar-refractivity contribution in [1.29, 1.82) is 0 Å². The van der Waals surface area contributed by atoms with Crippen LogP contribution in [0.25, 0.3) is 10.9 Å². The van der Waals surface area contributed by atoms with E-state index in [1.165, 1.54) is 0 Å². The molecule has 0 radical (unpaired) electrons. The first kappa shape index (κ1) is 19.3. The van der Waals surface area contributed by atoms with Crippen LogP contribution in [0, 0.1) is 0 Å². The van der Waals surface area contributed by atoms with Crippen LogP contribution in [0.1, 0.15) is 42.5 Å². The summed E-state index contributed by atoms with van der Waals surface area (Å²) in [6, 6.07) is 7.02. The highest BCUT2D eigenvalue weighted by Crippen LogP contribution is 2.39. The zero-order valence-electron chi connectivity index (χ0n) is 15.4. The summed E-state index contributed by atoms with van der Waals surface area (Å²) in [4.78, 5) is 19.5. The van der Waals surface area contributed by atoms with E-state index >= 15 is 0 Å². The molecule has 150 valence electrons. The molecule has 1 amide bonds. The van der Waals surface area contributed by atoms with Gasteiger partial charge in [0.1, 0.15) is 5.82 Å². The molecular weight excluding hydrogens is 388 g/mol. The number of hydrogen-bond acceptors (Lipinski definition) is 4. The van der Waals surface area contributed by atoms with Gasteiger partial charge in [-0.1, -0.05) is 11.6 Å². The zero-order chi connectivity index (χ0) is 19.9. The van der Waals surface area contributed by atoms with Crippen molar-refractivity contribution in [2.24, 2.45) is 0 Å². The number of fused-ring (bicyclic) bond motifs is 1. The molecule has 1 saturated heterocycles. The Hall–Kier alpha value is -1.99. The lowest BCUT2D eigenvalue weighted by molar-refractivity contribution is -0.121. The normalized spacial score (nSPS) is 24.1. The Balaban J connectivity index is 1.55. The molecule has 1 aliphatic carbocycles. The van der Waals surface area contributed by atoms with Crippen LogP contribution in [0.4, 0.5) is 14.6 Å². The molecular formula is C20H22ClF2N3O2. The molecule has 0 bridgehead atoms. The van der Waals surface area contributed by atoms with Crippen LogP contribution in [0.5, 0.6) is 0 Å². The van der Waals surface area contributed by atoms with E-state index in [0.29, 0.717) is 10.9 Å². The van der Waals surface area contributed by atoms with Crippen LogP contribution in [-0.4, -0.2) is 47.2 Å². The van der Waals surface area contributed by atoms with Crippen LogP contribution < -0.4 is 10.2 Å². The number of nitrogens with one attached hydrogen (secondary N) is 1. The predicted octanol–water partition coefficient (Wildman–Crippen LogP) is 3.77. The molecule has 0 spiro atoms. The molecule has 2 fully saturated rings. The molecule has 2 heterocycles. The second-order valence-electron chi connectivity index (χ2n) is 7.79. The number of alkyl halides is 2. The van der Waals surface area contributed by atoms with Crippen LogP contribution in [0.2, 0.25) is 5.02 Å². The maximum atomic E-state index is 13.7. The van der Waals surface area contributed by atoms with Gasteiger partial charge in [0.15, 0.2) is 0 Å². The topological polar surface area (TPSA) is 65.5 Å². The first-order chi connectivity index (χ1) is 13.3. The summed E-state index contributed by atoms with van der Waals surface area (Å²) in [5.74, 6) is -2.56. The van der Waals surface area contributed by atoms with Crippen molar-refractivity contribution in [2.45, 2.75) is 43.6 Å². The minimum atomic E-state index is -2.91. The number of amides is 1. The molecule has 0 unspecified atom stereocenters. The molecule has 28 heavy (non-hydrogen) atoms. The highest BCUT2D eigenvalue weighted by Gasteiger charge is 2.44. The zero-order valence-corrected chi connectivity index (χ0v) is 16.1. The average Bonchev–Trinajstić information content (AvgIpc) is 2.57.